The van der Waals surface area contributed by atoms with Crippen molar-refractivity contribution in [2.45, 2.75) is 37.4 Å². The Bertz CT molecular complexity index is 560. The van der Waals surface area contributed by atoms with Crippen LogP contribution in [0.15, 0.2) is 28.5 Å². The SMILES string of the molecule is Cc1nc(Sc2ncccc2CCN)nc(C)c1C. The van der Waals surface area contributed by atoms with Crippen molar-refractivity contribution in [3.05, 3.63) is 40.8 Å². The van der Waals surface area contributed by atoms with Gasteiger partial charge in [-0.25, -0.2) is 15.0 Å². The molecular weight excluding hydrogens is 256 g/mol. The molecule has 0 atom stereocenters. The molecule has 0 saturated heterocycles. The van der Waals surface area contributed by atoms with E-state index in [9.17, 15) is 0 Å². The zero-order valence-corrected chi connectivity index (χ0v) is 12.3. The van der Waals surface area contributed by atoms with Crippen LogP contribution in [0.3, 0.4) is 0 Å². The second-order valence-electron chi connectivity index (χ2n) is 4.41. The zero-order valence-electron chi connectivity index (χ0n) is 11.5. The fourth-order valence-electron chi connectivity index (χ4n) is 1.74. The Morgan fingerprint density at radius 1 is 1.16 bits per heavy atom. The van der Waals surface area contributed by atoms with Crippen LogP contribution in [-0.2, 0) is 6.42 Å². The van der Waals surface area contributed by atoms with Crippen molar-refractivity contribution in [2.24, 2.45) is 5.73 Å². The molecule has 0 fully saturated rings. The van der Waals surface area contributed by atoms with Gasteiger partial charge in [-0.1, -0.05) is 6.07 Å². The molecule has 2 aromatic heterocycles. The number of hydrogen-bond acceptors (Lipinski definition) is 5. The molecule has 2 rings (SSSR count). The molecule has 0 aliphatic carbocycles. The number of nitrogens with two attached hydrogens (primary N) is 1. The highest BCUT2D eigenvalue weighted by Gasteiger charge is 2.10. The first-order valence-electron chi connectivity index (χ1n) is 6.25. The zero-order chi connectivity index (χ0) is 13.8. The lowest BCUT2D eigenvalue weighted by Gasteiger charge is -2.08. The van der Waals surface area contributed by atoms with Gasteiger partial charge in [0.2, 0.25) is 0 Å². The Labute approximate surface area is 117 Å². The Kier molecular flexibility index (Phi) is 4.50. The molecule has 0 unspecified atom stereocenters. The predicted molar refractivity (Wildman–Crippen MR) is 77.4 cm³/mol. The molecule has 0 amide bonds. The summed E-state index contributed by atoms with van der Waals surface area (Å²) in [7, 11) is 0. The lowest BCUT2D eigenvalue weighted by molar-refractivity contribution is 0.869. The van der Waals surface area contributed by atoms with Crippen LogP contribution < -0.4 is 5.73 Å². The minimum atomic E-state index is 0.617. The monoisotopic (exact) mass is 274 g/mol. The van der Waals surface area contributed by atoms with Crippen LogP contribution in [0.25, 0.3) is 0 Å². The summed E-state index contributed by atoms with van der Waals surface area (Å²) in [5, 5.41) is 1.69. The van der Waals surface area contributed by atoms with Gasteiger partial charge in [-0.05, 0) is 62.7 Å². The summed E-state index contributed by atoms with van der Waals surface area (Å²) >= 11 is 1.50. The average Bonchev–Trinajstić information content (AvgIpc) is 2.38. The molecule has 0 radical (unpaired) electrons. The molecule has 100 valence electrons. The third-order valence-corrected chi connectivity index (χ3v) is 3.99. The second kappa shape index (κ2) is 6.12. The molecule has 0 aromatic carbocycles. The Morgan fingerprint density at radius 3 is 2.47 bits per heavy atom. The normalized spacial score (nSPS) is 10.7. The summed E-state index contributed by atoms with van der Waals surface area (Å²) in [6, 6.07) is 3.98. The van der Waals surface area contributed by atoms with E-state index in [1.807, 2.05) is 26.8 Å². The molecule has 19 heavy (non-hydrogen) atoms. The smallest absolute Gasteiger partial charge is 0.194 e. The van der Waals surface area contributed by atoms with Crippen LogP contribution >= 0.6 is 11.8 Å². The maximum Gasteiger partial charge on any atom is 0.194 e. The van der Waals surface area contributed by atoms with E-state index in [2.05, 4.69) is 21.0 Å². The van der Waals surface area contributed by atoms with Gasteiger partial charge in [-0.3, -0.25) is 0 Å². The predicted octanol–water partition coefficient (Wildman–Crippen LogP) is 2.45. The van der Waals surface area contributed by atoms with E-state index in [0.717, 1.165) is 39.1 Å². The number of hydrogen-bond donors (Lipinski definition) is 1. The molecule has 2 N–H and O–H groups in total. The number of aryl methyl sites for hydroxylation is 2. The molecule has 2 aromatic rings. The summed E-state index contributed by atoms with van der Waals surface area (Å²) in [4.78, 5) is 13.4. The largest absolute Gasteiger partial charge is 0.330 e. The van der Waals surface area contributed by atoms with Gasteiger partial charge in [0.1, 0.15) is 5.03 Å². The van der Waals surface area contributed by atoms with Crippen LogP contribution in [0.5, 0.6) is 0 Å². The lowest BCUT2D eigenvalue weighted by Crippen LogP contribution is -2.05. The quantitative estimate of drug-likeness (QED) is 0.868. The first kappa shape index (κ1) is 14.0. The summed E-state index contributed by atoms with van der Waals surface area (Å²) in [6.07, 6.45) is 2.61. The molecule has 0 spiro atoms. The fraction of sp³-hybridized carbons (Fsp3) is 0.357. The summed E-state index contributed by atoms with van der Waals surface area (Å²) < 4.78 is 0. The van der Waals surface area contributed by atoms with Crippen molar-refractivity contribution < 1.29 is 0 Å². The molecule has 0 saturated carbocycles. The van der Waals surface area contributed by atoms with E-state index in [1.54, 1.807) is 6.20 Å². The van der Waals surface area contributed by atoms with Crippen molar-refractivity contribution in [1.29, 1.82) is 0 Å². The molecule has 0 aliphatic rings. The van der Waals surface area contributed by atoms with E-state index < -0.39 is 0 Å². The van der Waals surface area contributed by atoms with E-state index in [4.69, 9.17) is 5.73 Å². The van der Waals surface area contributed by atoms with Gasteiger partial charge in [0, 0.05) is 17.6 Å². The number of nitrogens with zero attached hydrogens (tertiary/aromatic N) is 3. The highest BCUT2D eigenvalue weighted by molar-refractivity contribution is 7.99. The topological polar surface area (TPSA) is 64.7 Å². The second-order valence-corrected chi connectivity index (χ2v) is 5.37. The van der Waals surface area contributed by atoms with Crippen LogP contribution in [-0.4, -0.2) is 21.5 Å². The maximum atomic E-state index is 5.62. The van der Waals surface area contributed by atoms with Crippen molar-refractivity contribution in [2.75, 3.05) is 6.54 Å². The van der Waals surface area contributed by atoms with Gasteiger partial charge in [0.25, 0.3) is 0 Å². The maximum absolute atomic E-state index is 5.62. The van der Waals surface area contributed by atoms with E-state index >= 15 is 0 Å². The number of rotatable bonds is 4. The van der Waals surface area contributed by atoms with Gasteiger partial charge >= 0.3 is 0 Å². The Morgan fingerprint density at radius 2 is 1.84 bits per heavy atom. The number of pyridine rings is 1. The highest BCUT2D eigenvalue weighted by atomic mass is 32.2. The molecule has 0 bridgehead atoms. The van der Waals surface area contributed by atoms with Crippen molar-refractivity contribution >= 4 is 11.8 Å². The minimum absolute atomic E-state index is 0.617. The molecule has 4 nitrogen and oxygen atoms in total. The van der Waals surface area contributed by atoms with Gasteiger partial charge in [0.15, 0.2) is 5.16 Å². The third kappa shape index (κ3) is 3.30. The summed E-state index contributed by atoms with van der Waals surface area (Å²) in [5.41, 5.74) is 9.96. The van der Waals surface area contributed by atoms with E-state index in [0.29, 0.717) is 6.54 Å². The molecule has 2 heterocycles. The lowest BCUT2D eigenvalue weighted by atomic mass is 10.2. The van der Waals surface area contributed by atoms with Gasteiger partial charge in [-0.2, -0.15) is 0 Å². The molecular formula is C14H18N4S. The standard InChI is InChI=1S/C14H18N4S/c1-9-10(2)17-14(18-11(9)3)19-13-12(6-7-15)5-4-8-16-13/h4-5,8H,6-7,15H2,1-3H3. The summed E-state index contributed by atoms with van der Waals surface area (Å²) in [5.74, 6) is 0. The first-order valence-corrected chi connectivity index (χ1v) is 7.07. The third-order valence-electron chi connectivity index (χ3n) is 3.06. The highest BCUT2D eigenvalue weighted by Crippen LogP contribution is 2.27. The summed E-state index contributed by atoms with van der Waals surface area (Å²) in [6.45, 7) is 6.67. The van der Waals surface area contributed by atoms with Crippen LogP contribution in [0.1, 0.15) is 22.5 Å². The van der Waals surface area contributed by atoms with E-state index in [-0.39, 0.29) is 0 Å². The molecule has 5 heteroatoms. The fourth-order valence-corrected chi connectivity index (χ4v) is 2.69. The Hall–Kier alpha value is -1.46. The minimum Gasteiger partial charge on any atom is -0.330 e. The van der Waals surface area contributed by atoms with Gasteiger partial charge < -0.3 is 5.73 Å². The van der Waals surface area contributed by atoms with Crippen molar-refractivity contribution in [1.82, 2.24) is 15.0 Å². The number of aromatic nitrogens is 3. The first-order chi connectivity index (χ1) is 9.11. The van der Waals surface area contributed by atoms with Crippen LogP contribution in [0.4, 0.5) is 0 Å². The van der Waals surface area contributed by atoms with Crippen LogP contribution in [0, 0.1) is 20.8 Å². The molecule has 0 aliphatic heterocycles. The average molecular weight is 274 g/mol. The van der Waals surface area contributed by atoms with Crippen molar-refractivity contribution in [3.8, 4) is 0 Å². The van der Waals surface area contributed by atoms with Gasteiger partial charge in [-0.15, -0.1) is 0 Å². The van der Waals surface area contributed by atoms with Gasteiger partial charge in [0.05, 0.1) is 0 Å². The van der Waals surface area contributed by atoms with Crippen molar-refractivity contribution in [3.63, 3.8) is 0 Å². The van der Waals surface area contributed by atoms with Crippen LogP contribution in [0.2, 0.25) is 0 Å². The van der Waals surface area contributed by atoms with E-state index in [1.165, 1.54) is 11.8 Å². The Balaban J connectivity index is 2.31.